The molecule has 0 unspecified atom stereocenters. The van der Waals surface area contributed by atoms with Crippen molar-refractivity contribution < 1.29 is 22.5 Å². The number of nitro groups is 1. The highest BCUT2D eigenvalue weighted by molar-refractivity contribution is 7.89. The van der Waals surface area contributed by atoms with E-state index < -0.39 is 26.3 Å². The van der Waals surface area contributed by atoms with Crippen molar-refractivity contribution in [3.05, 3.63) is 74.7 Å². The van der Waals surface area contributed by atoms with Crippen molar-refractivity contribution in [2.24, 2.45) is 0 Å². The molecule has 2 aliphatic rings. The second-order valence-electron chi connectivity index (χ2n) is 10.6. The van der Waals surface area contributed by atoms with Gasteiger partial charge in [0, 0.05) is 57.0 Å². The van der Waals surface area contributed by atoms with Gasteiger partial charge in [0.1, 0.15) is 17.8 Å². The van der Waals surface area contributed by atoms with Gasteiger partial charge in [0.2, 0.25) is 10.0 Å². The van der Waals surface area contributed by atoms with Crippen LogP contribution in [0.3, 0.4) is 0 Å². The number of anilines is 2. The number of aromatic amines is 1. The van der Waals surface area contributed by atoms with Gasteiger partial charge in [0.15, 0.2) is 5.82 Å². The van der Waals surface area contributed by atoms with E-state index in [0.717, 1.165) is 43.5 Å². The van der Waals surface area contributed by atoms with E-state index in [-0.39, 0.29) is 17.1 Å². The number of nitrogens with zero attached hydrogens (tertiary/aromatic N) is 5. The minimum absolute atomic E-state index is 0.00385. The highest BCUT2D eigenvalue weighted by Gasteiger charge is 2.47. The molecule has 14 heteroatoms. The normalized spacial score (nSPS) is 17.0. The number of hydrogen-bond acceptors (Lipinski definition) is 9. The zero-order valence-electron chi connectivity index (χ0n) is 23.6. The maximum absolute atomic E-state index is 13.7. The fourth-order valence-electron chi connectivity index (χ4n) is 5.14. The molecule has 0 aliphatic carbocycles. The number of aromatic nitrogens is 2. The number of fused-ring (bicyclic) bond motifs is 1. The Morgan fingerprint density at radius 1 is 1.15 bits per heavy atom. The molecule has 12 nitrogen and oxygen atoms in total. The van der Waals surface area contributed by atoms with Crippen molar-refractivity contribution in [3.63, 3.8) is 0 Å². The summed E-state index contributed by atoms with van der Waals surface area (Å²) in [5.74, 6) is 0.0675. The van der Waals surface area contributed by atoms with Crippen molar-refractivity contribution in [1.82, 2.24) is 19.4 Å². The first kappa shape index (κ1) is 30.1. The molecule has 0 saturated carbocycles. The molecule has 2 aromatic carbocycles. The first-order valence-corrected chi connectivity index (χ1v) is 14.5. The Kier molecular flexibility index (Phi) is 8.47. The van der Waals surface area contributed by atoms with Gasteiger partial charge >= 0.3 is 0 Å². The van der Waals surface area contributed by atoms with Crippen LogP contribution in [-0.2, 0) is 22.1 Å². The third-order valence-electron chi connectivity index (χ3n) is 7.42. The number of piperazine rings is 1. The van der Waals surface area contributed by atoms with Crippen LogP contribution in [0.25, 0.3) is 0 Å². The minimum Gasteiger partial charge on any atom is -0.371 e. The summed E-state index contributed by atoms with van der Waals surface area (Å²) in [4.78, 5) is 25.4. The summed E-state index contributed by atoms with van der Waals surface area (Å²) in [6.07, 6.45) is 0.626. The van der Waals surface area contributed by atoms with Gasteiger partial charge in [-0.3, -0.25) is 20.0 Å². The topological polar surface area (TPSA) is 145 Å². The number of halogens is 1. The number of aldehydes is 1. The maximum atomic E-state index is 13.7. The molecule has 41 heavy (non-hydrogen) atoms. The maximum Gasteiger partial charge on any atom is 0.293 e. The van der Waals surface area contributed by atoms with Gasteiger partial charge in [-0.15, -0.1) is 0 Å². The van der Waals surface area contributed by atoms with E-state index >= 15 is 0 Å². The number of sulfonamides is 1. The van der Waals surface area contributed by atoms with Gasteiger partial charge in [-0.05, 0) is 63.7 Å². The number of carbonyl (C=O) groups excluding carboxylic acids is 1. The Bertz CT molecular complexity index is 1550. The average Bonchev–Trinajstić information content (AvgIpc) is 3.46. The van der Waals surface area contributed by atoms with Gasteiger partial charge in [-0.25, -0.2) is 12.8 Å². The predicted molar refractivity (Wildman–Crippen MR) is 153 cm³/mol. The van der Waals surface area contributed by atoms with E-state index in [1.165, 1.54) is 22.5 Å². The van der Waals surface area contributed by atoms with Crippen LogP contribution in [0.1, 0.15) is 41.0 Å². The van der Waals surface area contributed by atoms with E-state index in [1.807, 2.05) is 11.9 Å². The SMILES string of the molecule is CN1CCN(c2ccc(C=O)cc2[N+](=O)[O-])CC1.CNc1n[nH]c2c1CN(S(=O)(=O)c1cc(C)cc(F)c1)C2(C)C. The molecule has 1 fully saturated rings. The summed E-state index contributed by atoms with van der Waals surface area (Å²) in [7, 11) is -0.0744. The molecule has 1 saturated heterocycles. The van der Waals surface area contributed by atoms with Crippen LogP contribution in [0, 0.1) is 22.9 Å². The molecule has 0 spiro atoms. The zero-order chi connectivity index (χ0) is 30.1. The monoisotopic (exact) mass is 587 g/mol. The van der Waals surface area contributed by atoms with Crippen LogP contribution < -0.4 is 10.2 Å². The summed E-state index contributed by atoms with van der Waals surface area (Å²) in [6.45, 7) is 8.75. The van der Waals surface area contributed by atoms with Crippen molar-refractivity contribution in [2.75, 3.05) is 50.5 Å². The van der Waals surface area contributed by atoms with Gasteiger partial charge in [-0.1, -0.05) is 0 Å². The number of H-pyrrole nitrogens is 1. The third kappa shape index (κ3) is 5.94. The summed E-state index contributed by atoms with van der Waals surface area (Å²) >= 11 is 0. The van der Waals surface area contributed by atoms with Crippen molar-refractivity contribution in [3.8, 4) is 0 Å². The molecule has 3 heterocycles. The Morgan fingerprint density at radius 3 is 2.41 bits per heavy atom. The molecule has 3 aromatic rings. The van der Waals surface area contributed by atoms with Crippen molar-refractivity contribution in [2.45, 2.75) is 37.8 Å². The van der Waals surface area contributed by atoms with Gasteiger partial charge in [0.25, 0.3) is 5.69 Å². The summed E-state index contributed by atoms with van der Waals surface area (Å²) < 4.78 is 41.1. The molecule has 0 bridgehead atoms. The summed E-state index contributed by atoms with van der Waals surface area (Å²) in [5.41, 5.74) is 2.27. The highest BCUT2D eigenvalue weighted by atomic mass is 32.2. The number of benzene rings is 2. The summed E-state index contributed by atoms with van der Waals surface area (Å²) in [6, 6.07) is 8.46. The van der Waals surface area contributed by atoms with Gasteiger partial charge in [0.05, 0.1) is 21.1 Å². The number of nitrogens with one attached hydrogen (secondary N) is 2. The smallest absolute Gasteiger partial charge is 0.293 e. The lowest BCUT2D eigenvalue weighted by Gasteiger charge is -2.33. The van der Waals surface area contributed by atoms with Crippen LogP contribution in [0.2, 0.25) is 0 Å². The van der Waals surface area contributed by atoms with E-state index in [0.29, 0.717) is 28.9 Å². The molecule has 1 aromatic heterocycles. The second-order valence-corrected chi connectivity index (χ2v) is 12.5. The predicted octanol–water partition coefficient (Wildman–Crippen LogP) is 3.50. The number of carbonyl (C=O) groups is 1. The fourth-order valence-corrected chi connectivity index (χ4v) is 6.98. The first-order chi connectivity index (χ1) is 19.3. The fraction of sp³-hybridized carbons (Fsp3) is 0.407. The Labute approximate surface area is 238 Å². The number of nitro benzene ring substituents is 1. The van der Waals surface area contributed by atoms with Crippen LogP contribution in [0.4, 0.5) is 21.6 Å². The minimum atomic E-state index is -3.84. The number of aryl methyl sites for hydroxylation is 1. The first-order valence-electron chi connectivity index (χ1n) is 13.0. The van der Waals surface area contributed by atoms with E-state index in [9.17, 15) is 27.7 Å². The Balaban J connectivity index is 0.000000195. The standard InChI is InChI=1S/C15H19FN4O2S.C12H15N3O3/c1-9-5-10(16)7-11(6-9)23(21,22)20-8-12-13(15(20,2)3)18-19-14(12)17-4;1-13-4-6-14(7-5-13)11-3-2-10(9-16)8-12(11)15(17)18/h5-7H,8H2,1-4H3,(H2,17,18,19);2-3,8-9H,4-7H2,1H3. The lowest BCUT2D eigenvalue weighted by molar-refractivity contribution is -0.384. The molecule has 0 atom stereocenters. The largest absolute Gasteiger partial charge is 0.371 e. The lowest BCUT2D eigenvalue weighted by Crippen LogP contribution is -2.44. The quantitative estimate of drug-likeness (QED) is 0.251. The van der Waals surface area contributed by atoms with Crippen molar-refractivity contribution in [1.29, 1.82) is 0 Å². The molecule has 2 N–H and O–H groups in total. The van der Waals surface area contributed by atoms with E-state index in [4.69, 9.17) is 0 Å². The Hall–Kier alpha value is -3.88. The van der Waals surface area contributed by atoms with Crippen LogP contribution in [0.15, 0.2) is 41.3 Å². The average molecular weight is 588 g/mol. The highest BCUT2D eigenvalue weighted by Crippen LogP contribution is 2.43. The number of likely N-dealkylation sites (N-methyl/N-ethyl adjacent to an activating group) is 1. The second kappa shape index (κ2) is 11.5. The van der Waals surface area contributed by atoms with Crippen LogP contribution >= 0.6 is 0 Å². The van der Waals surface area contributed by atoms with Crippen LogP contribution in [-0.4, -0.2) is 79.3 Å². The number of hydrogen-bond donors (Lipinski definition) is 2. The number of rotatable bonds is 6. The van der Waals surface area contributed by atoms with Gasteiger partial charge in [-0.2, -0.15) is 9.40 Å². The third-order valence-corrected chi connectivity index (χ3v) is 9.42. The molecule has 0 radical (unpaired) electrons. The van der Waals surface area contributed by atoms with E-state index in [1.54, 1.807) is 40.0 Å². The molecular weight excluding hydrogens is 553 g/mol. The van der Waals surface area contributed by atoms with Gasteiger partial charge < -0.3 is 15.1 Å². The zero-order valence-corrected chi connectivity index (χ0v) is 24.5. The molecule has 5 rings (SSSR count). The van der Waals surface area contributed by atoms with Crippen molar-refractivity contribution >= 4 is 33.5 Å². The lowest BCUT2D eigenvalue weighted by atomic mass is 10.0. The summed E-state index contributed by atoms with van der Waals surface area (Å²) in [5, 5.41) is 21.1. The molecule has 0 amide bonds. The molecule has 2 aliphatic heterocycles. The Morgan fingerprint density at radius 2 is 1.83 bits per heavy atom. The van der Waals surface area contributed by atoms with Crippen LogP contribution in [0.5, 0.6) is 0 Å². The van der Waals surface area contributed by atoms with E-state index in [2.05, 4.69) is 20.4 Å². The molecule has 220 valence electrons. The molecular formula is C27H34FN7O5S.